The van der Waals surface area contributed by atoms with Crippen LogP contribution in [-0.4, -0.2) is 26.8 Å². The molecule has 0 aliphatic carbocycles. The fourth-order valence-electron chi connectivity index (χ4n) is 2.59. The third-order valence-corrected chi connectivity index (χ3v) is 4.25. The van der Waals surface area contributed by atoms with Gasteiger partial charge in [0, 0.05) is 18.0 Å². The van der Waals surface area contributed by atoms with Crippen molar-refractivity contribution in [2.75, 3.05) is 5.43 Å². The summed E-state index contributed by atoms with van der Waals surface area (Å²) in [7, 11) is 0. The Morgan fingerprint density at radius 2 is 1.96 bits per heavy atom. The van der Waals surface area contributed by atoms with E-state index in [0.29, 0.717) is 11.4 Å². The Bertz CT molecular complexity index is 965. The molecule has 0 aliphatic heterocycles. The van der Waals surface area contributed by atoms with Gasteiger partial charge in [0.1, 0.15) is 11.4 Å². The molecule has 0 aliphatic rings. The van der Waals surface area contributed by atoms with E-state index < -0.39 is 5.97 Å². The number of hydrogen-bond acceptors (Lipinski definition) is 3. The quantitative estimate of drug-likeness (QED) is 0.651. The zero-order chi connectivity index (χ0) is 18.0. The summed E-state index contributed by atoms with van der Waals surface area (Å²) in [5.74, 6) is -1.37. The molecule has 0 bridgehead atoms. The highest BCUT2D eigenvalue weighted by Gasteiger charge is 2.11. The number of amides is 1. The summed E-state index contributed by atoms with van der Waals surface area (Å²) in [4.78, 5) is 23.1. The number of carbonyl (C=O) groups excluding carboxylic acids is 1. The highest BCUT2D eigenvalue weighted by molar-refractivity contribution is 6.37. The van der Waals surface area contributed by atoms with Gasteiger partial charge in [-0.05, 0) is 35.6 Å². The van der Waals surface area contributed by atoms with Gasteiger partial charge in [0.15, 0.2) is 0 Å². The molecule has 3 N–H and O–H groups in total. The first kappa shape index (κ1) is 16.9. The molecule has 0 fully saturated rings. The predicted molar refractivity (Wildman–Crippen MR) is 94.7 cm³/mol. The minimum absolute atomic E-state index is 0.00601. The van der Waals surface area contributed by atoms with Gasteiger partial charge in [0.2, 0.25) is 5.91 Å². The van der Waals surface area contributed by atoms with Gasteiger partial charge < -0.3 is 10.2 Å². The second kappa shape index (κ2) is 6.86. The zero-order valence-corrected chi connectivity index (χ0v) is 13.8. The predicted octanol–water partition coefficient (Wildman–Crippen LogP) is 3.40. The van der Waals surface area contributed by atoms with Crippen molar-refractivity contribution in [3.63, 3.8) is 0 Å². The fourth-order valence-corrected chi connectivity index (χ4v) is 2.82. The first-order chi connectivity index (χ1) is 12.0. The van der Waals surface area contributed by atoms with E-state index in [9.17, 15) is 14.7 Å². The molecule has 6 nitrogen and oxygen atoms in total. The highest BCUT2D eigenvalue weighted by atomic mass is 35.5. The molecule has 2 aromatic carbocycles. The third kappa shape index (κ3) is 3.59. The second-order valence-corrected chi connectivity index (χ2v) is 5.94. The number of carboxylic acids is 1. The lowest BCUT2D eigenvalue weighted by Crippen LogP contribution is -2.25. The minimum atomic E-state index is -1.11. The molecule has 0 spiro atoms. The van der Waals surface area contributed by atoms with Crippen molar-refractivity contribution in [3.05, 3.63) is 64.9 Å². The number of fused-ring (bicyclic) bond motifs is 1. The molecule has 25 heavy (non-hydrogen) atoms. The second-order valence-electron chi connectivity index (χ2n) is 5.56. The SMILES string of the molecule is O=C(CCc1ccc2c(Cl)c(O)ccc2c1)Nn1cccc1C(=O)O. The van der Waals surface area contributed by atoms with Crippen LogP contribution in [0.5, 0.6) is 5.75 Å². The Hall–Kier alpha value is -2.99. The van der Waals surface area contributed by atoms with Gasteiger partial charge in [-0.3, -0.25) is 14.9 Å². The monoisotopic (exact) mass is 358 g/mol. The van der Waals surface area contributed by atoms with Crippen molar-refractivity contribution in [1.29, 1.82) is 0 Å². The number of aryl methyl sites for hydroxylation is 1. The van der Waals surface area contributed by atoms with Gasteiger partial charge in [0.05, 0.1) is 5.02 Å². The number of nitrogens with zero attached hydrogens (tertiary/aromatic N) is 1. The molecule has 0 radical (unpaired) electrons. The maximum absolute atomic E-state index is 12.0. The Balaban J connectivity index is 1.68. The Morgan fingerprint density at radius 1 is 1.16 bits per heavy atom. The molecule has 7 heteroatoms. The zero-order valence-electron chi connectivity index (χ0n) is 13.1. The Kier molecular flexibility index (Phi) is 4.63. The van der Waals surface area contributed by atoms with Gasteiger partial charge in [-0.2, -0.15) is 0 Å². The first-order valence-electron chi connectivity index (χ1n) is 7.56. The maximum Gasteiger partial charge on any atom is 0.354 e. The van der Waals surface area contributed by atoms with Crippen LogP contribution >= 0.6 is 11.6 Å². The van der Waals surface area contributed by atoms with Gasteiger partial charge in [-0.25, -0.2) is 4.79 Å². The fraction of sp³-hybridized carbons (Fsp3) is 0.111. The molecule has 0 saturated heterocycles. The van der Waals surface area contributed by atoms with Crippen LogP contribution in [0, 0.1) is 0 Å². The van der Waals surface area contributed by atoms with E-state index in [1.54, 1.807) is 18.2 Å². The van der Waals surface area contributed by atoms with Crippen molar-refractivity contribution >= 4 is 34.2 Å². The normalized spacial score (nSPS) is 10.8. The number of nitrogens with one attached hydrogen (secondary N) is 1. The van der Waals surface area contributed by atoms with Gasteiger partial charge >= 0.3 is 5.97 Å². The summed E-state index contributed by atoms with van der Waals surface area (Å²) < 4.78 is 1.19. The maximum atomic E-state index is 12.0. The summed E-state index contributed by atoms with van der Waals surface area (Å²) in [6, 6.07) is 11.8. The summed E-state index contributed by atoms with van der Waals surface area (Å²) in [6.07, 6.45) is 2.17. The van der Waals surface area contributed by atoms with E-state index in [4.69, 9.17) is 16.7 Å². The molecule has 3 rings (SSSR count). The number of rotatable bonds is 5. The van der Waals surface area contributed by atoms with Crippen molar-refractivity contribution in [2.45, 2.75) is 12.8 Å². The number of phenols is 1. The largest absolute Gasteiger partial charge is 0.506 e. The number of carboxylic acid groups (broad SMARTS) is 1. The number of phenolic OH excluding ortho intramolecular Hbond substituents is 1. The number of aromatic nitrogens is 1. The number of carbonyl (C=O) groups is 2. The molecule has 0 atom stereocenters. The van der Waals surface area contributed by atoms with Crippen LogP contribution < -0.4 is 5.43 Å². The van der Waals surface area contributed by atoms with Gasteiger partial charge in [-0.15, -0.1) is 0 Å². The summed E-state index contributed by atoms with van der Waals surface area (Å²) >= 11 is 6.06. The number of halogens is 1. The molecular formula is C18H15ClN2O4. The van der Waals surface area contributed by atoms with Crippen LogP contribution in [0.4, 0.5) is 0 Å². The lowest BCUT2D eigenvalue weighted by atomic mass is 10.0. The van der Waals surface area contributed by atoms with Gasteiger partial charge in [-0.1, -0.05) is 35.9 Å². The number of benzene rings is 2. The number of aromatic carboxylic acids is 1. The molecule has 128 valence electrons. The summed E-state index contributed by atoms with van der Waals surface area (Å²) in [5.41, 5.74) is 3.47. The van der Waals surface area contributed by atoms with Crippen LogP contribution in [0.2, 0.25) is 5.02 Å². The Labute approximate surface area is 148 Å². The average Bonchev–Trinajstić information content (AvgIpc) is 3.04. The van der Waals surface area contributed by atoms with Gasteiger partial charge in [0.25, 0.3) is 0 Å². The molecule has 1 heterocycles. The van der Waals surface area contributed by atoms with E-state index in [2.05, 4.69) is 5.43 Å². The topological polar surface area (TPSA) is 91.6 Å². The summed E-state index contributed by atoms with van der Waals surface area (Å²) in [6.45, 7) is 0. The van der Waals surface area contributed by atoms with Crippen molar-refractivity contribution in [1.82, 2.24) is 4.68 Å². The van der Waals surface area contributed by atoms with Crippen molar-refractivity contribution < 1.29 is 19.8 Å². The number of aromatic hydroxyl groups is 1. The van der Waals surface area contributed by atoms with Crippen LogP contribution in [0.25, 0.3) is 10.8 Å². The van der Waals surface area contributed by atoms with Crippen molar-refractivity contribution in [3.8, 4) is 5.75 Å². The van der Waals surface area contributed by atoms with Crippen molar-refractivity contribution in [2.24, 2.45) is 0 Å². The lowest BCUT2D eigenvalue weighted by Gasteiger charge is -2.09. The van der Waals surface area contributed by atoms with Crippen LogP contribution in [0.3, 0.4) is 0 Å². The molecule has 0 saturated carbocycles. The van der Waals surface area contributed by atoms with E-state index in [1.807, 2.05) is 12.1 Å². The molecule has 1 amide bonds. The molecule has 0 unspecified atom stereocenters. The third-order valence-electron chi connectivity index (χ3n) is 3.85. The van der Waals surface area contributed by atoms with E-state index in [-0.39, 0.29) is 23.8 Å². The molecule has 1 aromatic heterocycles. The summed E-state index contributed by atoms with van der Waals surface area (Å²) in [5, 5.41) is 20.6. The molecular weight excluding hydrogens is 344 g/mol. The van der Waals surface area contributed by atoms with Crippen LogP contribution in [0.15, 0.2) is 48.7 Å². The molecule has 3 aromatic rings. The smallest absolute Gasteiger partial charge is 0.354 e. The minimum Gasteiger partial charge on any atom is -0.506 e. The van der Waals surface area contributed by atoms with Crippen LogP contribution in [0.1, 0.15) is 22.5 Å². The van der Waals surface area contributed by atoms with E-state index in [0.717, 1.165) is 16.3 Å². The number of hydrogen-bond donors (Lipinski definition) is 3. The van der Waals surface area contributed by atoms with E-state index in [1.165, 1.54) is 23.0 Å². The standard InChI is InChI=1S/C18H15ClN2O4/c19-17-13-6-3-11(10-12(13)5-7-15(17)22)4-8-16(23)20-21-9-1-2-14(21)18(24)25/h1-3,5-7,9-10,22H,4,8H2,(H,20,23)(H,24,25). The average molecular weight is 359 g/mol. The highest BCUT2D eigenvalue weighted by Crippen LogP contribution is 2.32. The van der Waals surface area contributed by atoms with Crippen LogP contribution in [-0.2, 0) is 11.2 Å². The first-order valence-corrected chi connectivity index (χ1v) is 7.94. The Morgan fingerprint density at radius 3 is 2.72 bits per heavy atom. The van der Waals surface area contributed by atoms with E-state index >= 15 is 0 Å². The lowest BCUT2D eigenvalue weighted by molar-refractivity contribution is -0.117.